The number of nitrogens with one attached hydrogen (secondary N) is 4. The summed E-state index contributed by atoms with van der Waals surface area (Å²) in [5.41, 5.74) is 5.79. The van der Waals surface area contributed by atoms with Crippen molar-refractivity contribution >= 4 is 51.2 Å². The predicted molar refractivity (Wildman–Crippen MR) is 124 cm³/mol. The molecule has 3 unspecified atom stereocenters. The topological polar surface area (TPSA) is 163 Å². The van der Waals surface area contributed by atoms with E-state index in [1.807, 2.05) is 0 Å². The molecule has 0 saturated heterocycles. The van der Waals surface area contributed by atoms with Crippen molar-refractivity contribution in [3.05, 3.63) is 48.5 Å². The van der Waals surface area contributed by atoms with Crippen molar-refractivity contribution in [3.8, 4) is 5.75 Å². The van der Waals surface area contributed by atoms with Gasteiger partial charge in [0.1, 0.15) is 5.75 Å². The second-order valence-corrected chi connectivity index (χ2v) is 8.57. The Morgan fingerprint density at radius 2 is 1.74 bits per heavy atom. The van der Waals surface area contributed by atoms with Crippen molar-refractivity contribution in [3.63, 3.8) is 0 Å². The molecule has 3 rings (SSSR count). The summed E-state index contributed by atoms with van der Waals surface area (Å²) in [6.07, 6.45) is 0. The number of likely N-dealkylation sites (N-methyl/N-ethyl adjacent to an activating group) is 1. The lowest BCUT2D eigenvalue weighted by Crippen LogP contribution is -2.37. The second-order valence-electron chi connectivity index (χ2n) is 6.42. The number of nitrogens with zero attached hydrogens (tertiary/aromatic N) is 3. The number of rotatable bonds is 10. The Balaban J connectivity index is 1.81. The van der Waals surface area contributed by atoms with E-state index in [1.165, 1.54) is 45.4 Å². The fourth-order valence-electron chi connectivity index (χ4n) is 2.72. The summed E-state index contributed by atoms with van der Waals surface area (Å²) >= 11 is -3.39. The molecule has 2 amide bonds. The van der Waals surface area contributed by atoms with Gasteiger partial charge in [-0.1, -0.05) is 0 Å². The van der Waals surface area contributed by atoms with Crippen LogP contribution in [0.3, 0.4) is 0 Å². The molecule has 0 fully saturated rings. The lowest BCUT2D eigenvalue weighted by Gasteiger charge is -2.05. The number of hydrogen-bond acceptors (Lipinski definition) is 10. The van der Waals surface area contributed by atoms with Crippen LogP contribution in [0.15, 0.2) is 63.6 Å². The quantitative estimate of drug-likeness (QED) is 0.262. The Morgan fingerprint density at radius 3 is 2.32 bits per heavy atom. The molecular weight excluding hydrogens is 486 g/mol. The van der Waals surface area contributed by atoms with Crippen LogP contribution in [0.4, 0.5) is 11.4 Å². The van der Waals surface area contributed by atoms with Crippen molar-refractivity contribution < 1.29 is 31.2 Å². The molecule has 15 heteroatoms. The smallest absolute Gasteiger partial charge is 0.389 e. The van der Waals surface area contributed by atoms with Gasteiger partial charge in [0.25, 0.3) is 17.2 Å². The van der Waals surface area contributed by atoms with E-state index >= 15 is 0 Å². The summed E-state index contributed by atoms with van der Waals surface area (Å²) < 4.78 is 36.7. The van der Waals surface area contributed by atoms with Gasteiger partial charge in [-0.2, -0.15) is 19.1 Å². The number of carbonyl (C=O) groups excluding carboxylic acids is 2. The third-order valence-electron chi connectivity index (χ3n) is 4.33. The molecule has 1 aliphatic rings. The highest BCUT2D eigenvalue weighted by molar-refractivity contribution is 7.80. The Morgan fingerprint density at radius 1 is 1.06 bits per heavy atom. The molecule has 3 atom stereocenters. The summed E-state index contributed by atoms with van der Waals surface area (Å²) in [4.78, 5) is 25.7. The fourth-order valence-corrected chi connectivity index (χ4v) is 3.69. The SMILES string of the molecule is CNOS(=O)c1ccc([N+]2=NC(C(=O)NC)/C(=N\Nc3ccc(OS(=O)NC)cc3)C2=O)cc1. The van der Waals surface area contributed by atoms with E-state index < -0.39 is 40.2 Å². The zero-order valence-electron chi connectivity index (χ0n) is 18.3. The van der Waals surface area contributed by atoms with Crippen LogP contribution in [0, 0.1) is 0 Å². The minimum atomic E-state index is -1.73. The molecule has 13 nitrogen and oxygen atoms in total. The van der Waals surface area contributed by atoms with Crippen molar-refractivity contribution in [1.29, 1.82) is 0 Å². The largest absolute Gasteiger partial charge is 0.468 e. The average Bonchev–Trinajstić information content (AvgIpc) is 3.19. The van der Waals surface area contributed by atoms with E-state index in [-0.39, 0.29) is 5.71 Å². The molecule has 0 radical (unpaired) electrons. The Hall–Kier alpha value is -3.37. The lowest BCUT2D eigenvalue weighted by atomic mass is 10.2. The highest BCUT2D eigenvalue weighted by Gasteiger charge is 2.47. The normalized spacial score (nSPS) is 18.3. The zero-order chi connectivity index (χ0) is 24.7. The fraction of sp³-hybridized carbons (Fsp3) is 0.211. The number of azo groups is 2. The second kappa shape index (κ2) is 11.7. The van der Waals surface area contributed by atoms with Gasteiger partial charge in [-0.15, -0.1) is 0 Å². The van der Waals surface area contributed by atoms with Crippen LogP contribution in [0.25, 0.3) is 0 Å². The first kappa shape index (κ1) is 25.3. The lowest BCUT2D eigenvalue weighted by molar-refractivity contribution is -0.421. The Labute approximate surface area is 200 Å². The van der Waals surface area contributed by atoms with Crippen LogP contribution in [0.2, 0.25) is 0 Å². The molecule has 4 N–H and O–H groups in total. The number of anilines is 1. The van der Waals surface area contributed by atoms with E-state index in [2.05, 4.69) is 31.2 Å². The summed E-state index contributed by atoms with van der Waals surface area (Å²) in [6, 6.07) is 11.2. The standard InChI is InChI=1S/C19H21N7O6S2/c1-20-18(27)16-17(24-23-12-4-8-14(9-5-12)31-34(30)22-3)19(28)26(25-16)13-6-10-15(11-7-13)33(29)32-21-2/h4-11,16,21-22H,1-3H3,(H-,20,23,27,28)/p+1. The van der Waals surface area contributed by atoms with Gasteiger partial charge in [-0.05, 0) is 53.3 Å². The number of carbonyl (C=O) groups is 2. The van der Waals surface area contributed by atoms with Gasteiger partial charge in [0, 0.05) is 26.2 Å². The number of hydrogen-bond donors (Lipinski definition) is 4. The number of benzene rings is 2. The molecule has 0 saturated carbocycles. The maximum absolute atomic E-state index is 13.0. The Kier molecular flexibility index (Phi) is 8.67. The van der Waals surface area contributed by atoms with E-state index in [1.54, 1.807) is 24.3 Å². The number of hydrazone groups is 1. The van der Waals surface area contributed by atoms with Crippen LogP contribution < -0.4 is 25.1 Å². The van der Waals surface area contributed by atoms with E-state index in [0.717, 1.165) is 4.70 Å². The molecule has 0 bridgehead atoms. The van der Waals surface area contributed by atoms with Gasteiger partial charge in [0.2, 0.25) is 28.5 Å². The van der Waals surface area contributed by atoms with Gasteiger partial charge >= 0.3 is 5.91 Å². The van der Waals surface area contributed by atoms with E-state index in [4.69, 9.17) is 8.47 Å². The van der Waals surface area contributed by atoms with Gasteiger partial charge in [0.05, 0.1) is 10.6 Å². The molecule has 0 aromatic heterocycles. The number of hydroxylamine groups is 1. The summed E-state index contributed by atoms with van der Waals surface area (Å²) in [6.45, 7) is 0. The van der Waals surface area contributed by atoms with E-state index in [9.17, 15) is 18.0 Å². The molecule has 180 valence electrons. The van der Waals surface area contributed by atoms with E-state index in [0.29, 0.717) is 22.0 Å². The third-order valence-corrected chi connectivity index (χ3v) is 5.98. The molecule has 1 heterocycles. The first-order valence-electron chi connectivity index (χ1n) is 9.71. The number of amides is 2. The van der Waals surface area contributed by atoms with Crippen LogP contribution in [0.5, 0.6) is 5.75 Å². The molecule has 34 heavy (non-hydrogen) atoms. The van der Waals surface area contributed by atoms with Crippen LogP contribution >= 0.6 is 0 Å². The van der Waals surface area contributed by atoms with Crippen molar-refractivity contribution in [1.82, 2.24) is 15.5 Å². The summed E-state index contributed by atoms with van der Waals surface area (Å²) in [7, 11) is 4.40. The predicted octanol–water partition coefficient (Wildman–Crippen LogP) is 0.256. The van der Waals surface area contributed by atoms with Crippen molar-refractivity contribution in [2.45, 2.75) is 10.9 Å². The van der Waals surface area contributed by atoms with Gasteiger partial charge < -0.3 is 9.50 Å². The van der Waals surface area contributed by atoms with Crippen LogP contribution in [-0.2, 0) is 36.2 Å². The first-order valence-corrected chi connectivity index (χ1v) is 11.9. The minimum Gasteiger partial charge on any atom is -0.389 e. The maximum atomic E-state index is 13.0. The molecule has 2 aromatic carbocycles. The van der Waals surface area contributed by atoms with Gasteiger partial charge in [0.15, 0.2) is 0 Å². The highest BCUT2D eigenvalue weighted by atomic mass is 32.2. The van der Waals surface area contributed by atoms with Crippen molar-refractivity contribution in [2.24, 2.45) is 10.2 Å². The zero-order valence-corrected chi connectivity index (χ0v) is 19.9. The summed E-state index contributed by atoms with van der Waals surface area (Å²) in [5, 5.41) is 10.8. The maximum Gasteiger partial charge on any atom is 0.468 e. The average molecular weight is 509 g/mol. The molecule has 0 spiro atoms. The monoisotopic (exact) mass is 508 g/mol. The third kappa shape index (κ3) is 5.95. The van der Waals surface area contributed by atoms with Gasteiger partial charge in [-0.3, -0.25) is 10.2 Å². The van der Waals surface area contributed by atoms with Crippen molar-refractivity contribution in [2.75, 3.05) is 26.6 Å². The van der Waals surface area contributed by atoms with Crippen LogP contribution in [0.1, 0.15) is 0 Å². The minimum absolute atomic E-state index is 0.123. The molecular formula is C19H22N7O6S2+. The molecule has 0 aliphatic carbocycles. The molecule has 2 aromatic rings. The molecule has 1 aliphatic heterocycles. The van der Waals surface area contributed by atoms with Gasteiger partial charge in [-0.25, -0.2) is 13.7 Å². The Bertz CT molecular complexity index is 1170. The van der Waals surface area contributed by atoms with Crippen LogP contribution in [-0.4, -0.2) is 57.8 Å². The summed E-state index contributed by atoms with van der Waals surface area (Å²) in [5.74, 6) is -0.766. The highest BCUT2D eigenvalue weighted by Crippen LogP contribution is 2.22. The first-order chi connectivity index (χ1) is 16.4.